The van der Waals surface area contributed by atoms with Gasteiger partial charge < -0.3 is 10.4 Å². The molecule has 1 amide bonds. The summed E-state index contributed by atoms with van der Waals surface area (Å²) in [6, 6.07) is 9.15. The molecule has 9 heteroatoms. The zero-order chi connectivity index (χ0) is 21.5. The molecular formula is C21H24F3N3O2S. The van der Waals surface area contributed by atoms with E-state index in [0.29, 0.717) is 5.56 Å². The predicted molar refractivity (Wildman–Crippen MR) is 111 cm³/mol. The van der Waals surface area contributed by atoms with Crippen molar-refractivity contribution in [2.45, 2.75) is 25.1 Å². The van der Waals surface area contributed by atoms with Crippen molar-refractivity contribution in [3.8, 4) is 11.1 Å². The van der Waals surface area contributed by atoms with Gasteiger partial charge in [0.15, 0.2) is 0 Å². The van der Waals surface area contributed by atoms with Crippen LogP contribution in [0.4, 0.5) is 13.2 Å². The first-order valence-corrected chi connectivity index (χ1v) is 10.8. The van der Waals surface area contributed by atoms with E-state index in [1.54, 1.807) is 30.5 Å². The van der Waals surface area contributed by atoms with Crippen LogP contribution in [-0.4, -0.2) is 64.6 Å². The molecule has 0 radical (unpaired) electrons. The van der Waals surface area contributed by atoms with Crippen LogP contribution >= 0.6 is 11.8 Å². The van der Waals surface area contributed by atoms with Crippen LogP contribution in [0.5, 0.6) is 0 Å². The van der Waals surface area contributed by atoms with E-state index >= 15 is 0 Å². The van der Waals surface area contributed by atoms with Gasteiger partial charge in [0.25, 0.3) is 5.91 Å². The van der Waals surface area contributed by atoms with E-state index in [4.69, 9.17) is 0 Å². The molecule has 1 aliphatic heterocycles. The standard InChI is InChI=1S/C21H24F3N3O2S/c22-11-18(26-21(29)20(23)24)19(28)15-3-1-14(2-4-15)16-5-6-17(25-12-16)13-27-7-9-30-10-8-27/h1-6,12,18-20,28H,7-11,13H2,(H,26,29)/t18-,19-/m1/s1. The number of aromatic nitrogens is 1. The number of halogens is 3. The molecule has 2 N–H and O–H groups in total. The molecule has 2 atom stereocenters. The number of amides is 1. The zero-order valence-corrected chi connectivity index (χ0v) is 17.1. The number of hydrogen-bond acceptors (Lipinski definition) is 5. The number of rotatable bonds is 8. The number of thioether (sulfide) groups is 1. The van der Waals surface area contributed by atoms with E-state index in [1.807, 2.05) is 29.2 Å². The largest absolute Gasteiger partial charge is 0.386 e. The number of aliphatic hydroxyl groups excluding tert-OH is 1. The van der Waals surface area contributed by atoms with Gasteiger partial charge in [-0.1, -0.05) is 30.3 Å². The van der Waals surface area contributed by atoms with Gasteiger partial charge in [0.05, 0.1) is 11.7 Å². The minimum atomic E-state index is -3.27. The molecule has 30 heavy (non-hydrogen) atoms. The van der Waals surface area contributed by atoms with Crippen molar-refractivity contribution in [3.05, 3.63) is 53.9 Å². The van der Waals surface area contributed by atoms with E-state index in [9.17, 15) is 23.1 Å². The van der Waals surface area contributed by atoms with Crippen LogP contribution in [0.2, 0.25) is 0 Å². The van der Waals surface area contributed by atoms with Crippen molar-refractivity contribution in [2.24, 2.45) is 0 Å². The lowest BCUT2D eigenvalue weighted by atomic mass is 9.99. The second-order valence-electron chi connectivity index (χ2n) is 7.06. The summed E-state index contributed by atoms with van der Waals surface area (Å²) < 4.78 is 37.9. The highest BCUT2D eigenvalue weighted by molar-refractivity contribution is 7.99. The molecule has 0 bridgehead atoms. The van der Waals surface area contributed by atoms with Gasteiger partial charge in [0, 0.05) is 42.9 Å². The summed E-state index contributed by atoms with van der Waals surface area (Å²) in [6.45, 7) is 1.79. The van der Waals surface area contributed by atoms with Crippen LogP contribution in [0.15, 0.2) is 42.6 Å². The molecule has 0 aliphatic carbocycles. The van der Waals surface area contributed by atoms with Crippen molar-refractivity contribution >= 4 is 17.7 Å². The number of hydrogen-bond donors (Lipinski definition) is 2. The molecule has 1 aromatic heterocycles. The first kappa shape index (κ1) is 22.6. The summed E-state index contributed by atoms with van der Waals surface area (Å²) in [4.78, 5) is 18.0. The van der Waals surface area contributed by atoms with E-state index in [0.717, 1.165) is 48.0 Å². The average Bonchev–Trinajstić information content (AvgIpc) is 2.78. The molecule has 1 saturated heterocycles. The lowest BCUT2D eigenvalue weighted by molar-refractivity contribution is -0.133. The highest BCUT2D eigenvalue weighted by atomic mass is 32.2. The molecule has 2 aromatic rings. The number of alkyl halides is 3. The van der Waals surface area contributed by atoms with Gasteiger partial charge in [-0.05, 0) is 17.2 Å². The summed E-state index contributed by atoms with van der Waals surface area (Å²) in [5.41, 5.74) is 3.07. The number of pyridine rings is 1. The lowest BCUT2D eigenvalue weighted by Crippen LogP contribution is -2.43. The maximum atomic E-state index is 13.1. The minimum Gasteiger partial charge on any atom is -0.386 e. The quantitative estimate of drug-likeness (QED) is 0.662. The number of nitrogens with one attached hydrogen (secondary N) is 1. The first-order chi connectivity index (χ1) is 14.5. The molecule has 0 unspecified atom stereocenters. The topological polar surface area (TPSA) is 65.5 Å². The lowest BCUT2D eigenvalue weighted by Gasteiger charge is -2.25. The maximum Gasteiger partial charge on any atom is 0.315 e. The third-order valence-electron chi connectivity index (χ3n) is 4.97. The van der Waals surface area contributed by atoms with E-state index < -0.39 is 31.2 Å². The molecule has 162 valence electrons. The maximum absolute atomic E-state index is 13.1. The van der Waals surface area contributed by atoms with Crippen molar-refractivity contribution in [1.82, 2.24) is 15.2 Å². The van der Waals surface area contributed by atoms with Crippen LogP contribution in [0.3, 0.4) is 0 Å². The average molecular weight is 440 g/mol. The monoisotopic (exact) mass is 439 g/mol. The van der Waals surface area contributed by atoms with Crippen LogP contribution in [-0.2, 0) is 11.3 Å². The van der Waals surface area contributed by atoms with E-state index in [2.05, 4.69) is 9.88 Å². The molecule has 0 saturated carbocycles. The summed E-state index contributed by atoms with van der Waals surface area (Å²) in [6.07, 6.45) is -2.92. The summed E-state index contributed by atoms with van der Waals surface area (Å²) in [5, 5.41) is 12.1. The molecule has 3 rings (SSSR count). The Hall–Kier alpha value is -2.10. The Morgan fingerprint density at radius 1 is 1.13 bits per heavy atom. The Bertz CT molecular complexity index is 815. The van der Waals surface area contributed by atoms with Crippen molar-refractivity contribution in [2.75, 3.05) is 31.3 Å². The number of benzene rings is 1. The van der Waals surface area contributed by atoms with E-state index in [1.165, 1.54) is 0 Å². The molecule has 0 spiro atoms. The van der Waals surface area contributed by atoms with Gasteiger partial charge in [-0.25, -0.2) is 4.39 Å². The summed E-state index contributed by atoms with van der Waals surface area (Å²) >= 11 is 1.96. The van der Waals surface area contributed by atoms with Crippen LogP contribution in [0, 0.1) is 0 Å². The summed E-state index contributed by atoms with van der Waals surface area (Å²) in [7, 11) is 0. The smallest absolute Gasteiger partial charge is 0.315 e. The fourth-order valence-electron chi connectivity index (χ4n) is 3.23. The predicted octanol–water partition coefficient (Wildman–Crippen LogP) is 3.05. The molecule has 5 nitrogen and oxygen atoms in total. The van der Waals surface area contributed by atoms with Gasteiger partial charge in [0.2, 0.25) is 0 Å². The third kappa shape index (κ3) is 5.96. The number of carbonyl (C=O) groups is 1. The molecule has 1 aliphatic rings. The zero-order valence-electron chi connectivity index (χ0n) is 16.3. The highest BCUT2D eigenvalue weighted by Crippen LogP contribution is 2.24. The van der Waals surface area contributed by atoms with Crippen molar-refractivity contribution < 1.29 is 23.1 Å². The Morgan fingerprint density at radius 2 is 1.80 bits per heavy atom. The SMILES string of the molecule is O=C(N[C@H](CF)[C@H](O)c1ccc(-c2ccc(CN3CCSCC3)nc2)cc1)C(F)F. The Kier molecular flexibility index (Phi) is 8.12. The van der Waals surface area contributed by atoms with E-state index in [-0.39, 0.29) is 0 Å². The van der Waals surface area contributed by atoms with Gasteiger partial charge in [-0.2, -0.15) is 20.5 Å². The van der Waals surface area contributed by atoms with Crippen LogP contribution in [0.1, 0.15) is 17.4 Å². The number of carbonyl (C=O) groups excluding carboxylic acids is 1. The fourth-order valence-corrected chi connectivity index (χ4v) is 4.21. The number of nitrogens with zero attached hydrogens (tertiary/aromatic N) is 2. The van der Waals surface area contributed by atoms with Gasteiger partial charge in [-0.15, -0.1) is 0 Å². The fraction of sp³-hybridized carbons (Fsp3) is 0.429. The third-order valence-corrected chi connectivity index (χ3v) is 5.92. The second kappa shape index (κ2) is 10.8. The first-order valence-electron chi connectivity index (χ1n) is 9.66. The van der Waals surface area contributed by atoms with Crippen molar-refractivity contribution in [3.63, 3.8) is 0 Å². The number of aliphatic hydroxyl groups is 1. The molecule has 2 heterocycles. The summed E-state index contributed by atoms with van der Waals surface area (Å²) in [5.74, 6) is 0.680. The van der Waals surface area contributed by atoms with Crippen LogP contribution in [0.25, 0.3) is 11.1 Å². The van der Waals surface area contributed by atoms with Gasteiger partial charge in [0.1, 0.15) is 12.8 Å². The van der Waals surface area contributed by atoms with Crippen molar-refractivity contribution in [1.29, 1.82) is 0 Å². The molecule has 1 aromatic carbocycles. The minimum absolute atomic E-state index is 0.323. The highest BCUT2D eigenvalue weighted by Gasteiger charge is 2.26. The normalized spacial score (nSPS) is 17.0. The van der Waals surface area contributed by atoms with Gasteiger partial charge in [-0.3, -0.25) is 14.7 Å². The van der Waals surface area contributed by atoms with Gasteiger partial charge >= 0.3 is 6.43 Å². The van der Waals surface area contributed by atoms with Crippen LogP contribution < -0.4 is 5.32 Å². The molecular weight excluding hydrogens is 415 g/mol. The Labute approximate surface area is 177 Å². The second-order valence-corrected chi connectivity index (χ2v) is 8.29. The Morgan fingerprint density at radius 3 is 2.37 bits per heavy atom. The Balaban J connectivity index is 1.63. The molecule has 1 fully saturated rings.